The van der Waals surface area contributed by atoms with E-state index >= 15 is 0 Å². The van der Waals surface area contributed by atoms with Gasteiger partial charge in [-0.1, -0.05) is 18.2 Å². The maximum absolute atomic E-state index is 12.0. The molecule has 5 heteroatoms. The van der Waals surface area contributed by atoms with E-state index in [0.29, 0.717) is 25.5 Å². The third-order valence-corrected chi connectivity index (χ3v) is 3.75. The fraction of sp³-hybridized carbons (Fsp3) is 0.375. The first-order valence-electron chi connectivity index (χ1n) is 7.23. The number of hydrogen-bond acceptors (Lipinski definition) is 3. The van der Waals surface area contributed by atoms with Crippen molar-refractivity contribution in [3.8, 4) is 5.69 Å². The summed E-state index contributed by atoms with van der Waals surface area (Å²) in [6, 6.07) is 8.01. The average Bonchev–Trinajstić information content (AvgIpc) is 3.18. The van der Waals surface area contributed by atoms with E-state index in [2.05, 4.69) is 10.3 Å². The predicted octanol–water partition coefficient (Wildman–Crippen LogP) is 1.92. The van der Waals surface area contributed by atoms with Crippen molar-refractivity contribution in [2.24, 2.45) is 5.92 Å². The quantitative estimate of drug-likeness (QED) is 0.913. The Kier molecular flexibility index (Phi) is 4.31. The van der Waals surface area contributed by atoms with Crippen LogP contribution in [0.15, 0.2) is 43.0 Å². The Morgan fingerprint density at radius 2 is 2.33 bits per heavy atom. The lowest BCUT2D eigenvalue weighted by molar-refractivity contribution is -0.122. The van der Waals surface area contributed by atoms with E-state index in [9.17, 15) is 4.79 Å². The topological polar surface area (TPSA) is 56.1 Å². The number of hydrogen-bond donors (Lipinski definition) is 1. The van der Waals surface area contributed by atoms with E-state index in [1.807, 2.05) is 35.0 Å². The zero-order valence-electron chi connectivity index (χ0n) is 11.9. The van der Waals surface area contributed by atoms with Gasteiger partial charge in [-0.2, -0.15) is 0 Å². The predicted molar refractivity (Wildman–Crippen MR) is 79.0 cm³/mol. The summed E-state index contributed by atoms with van der Waals surface area (Å²) in [5.41, 5.74) is 2.12. The number of nitrogens with zero attached hydrogens (tertiary/aromatic N) is 2. The third kappa shape index (κ3) is 3.49. The summed E-state index contributed by atoms with van der Waals surface area (Å²) in [6.45, 7) is 2.02. The van der Waals surface area contributed by atoms with Crippen molar-refractivity contribution in [3.63, 3.8) is 0 Å². The van der Waals surface area contributed by atoms with Crippen LogP contribution < -0.4 is 5.32 Å². The van der Waals surface area contributed by atoms with Crippen molar-refractivity contribution in [3.05, 3.63) is 48.5 Å². The third-order valence-electron chi connectivity index (χ3n) is 3.75. The highest BCUT2D eigenvalue weighted by molar-refractivity contribution is 5.76. The van der Waals surface area contributed by atoms with Crippen molar-refractivity contribution in [2.75, 3.05) is 13.2 Å². The molecule has 1 amide bonds. The molecule has 0 bridgehead atoms. The smallest absolute Gasteiger partial charge is 0.220 e. The summed E-state index contributed by atoms with van der Waals surface area (Å²) >= 11 is 0. The van der Waals surface area contributed by atoms with Crippen LogP contribution in [-0.4, -0.2) is 28.7 Å². The first-order chi connectivity index (χ1) is 10.3. The summed E-state index contributed by atoms with van der Waals surface area (Å²) in [4.78, 5) is 16.0. The van der Waals surface area contributed by atoms with Crippen molar-refractivity contribution in [2.45, 2.75) is 19.4 Å². The van der Waals surface area contributed by atoms with Gasteiger partial charge in [0.15, 0.2) is 0 Å². The Labute approximate surface area is 124 Å². The van der Waals surface area contributed by atoms with Crippen LogP contribution in [0.3, 0.4) is 0 Å². The molecule has 1 fully saturated rings. The molecule has 2 heterocycles. The zero-order valence-corrected chi connectivity index (χ0v) is 11.9. The Balaban J connectivity index is 1.61. The molecule has 0 spiro atoms. The van der Waals surface area contributed by atoms with Crippen LogP contribution in [0, 0.1) is 5.92 Å². The highest BCUT2D eigenvalue weighted by Gasteiger charge is 2.19. The van der Waals surface area contributed by atoms with Gasteiger partial charge >= 0.3 is 0 Å². The second kappa shape index (κ2) is 6.54. The summed E-state index contributed by atoms with van der Waals surface area (Å²) in [6.07, 6.45) is 6.94. The van der Waals surface area contributed by atoms with Gasteiger partial charge in [0.1, 0.15) is 0 Å². The summed E-state index contributed by atoms with van der Waals surface area (Å²) < 4.78 is 7.25. The summed E-state index contributed by atoms with van der Waals surface area (Å²) in [7, 11) is 0. The molecule has 2 aromatic rings. The van der Waals surface area contributed by atoms with Crippen LogP contribution in [-0.2, 0) is 16.1 Å². The molecule has 0 radical (unpaired) electrons. The largest absolute Gasteiger partial charge is 0.381 e. The fourth-order valence-electron chi connectivity index (χ4n) is 2.59. The summed E-state index contributed by atoms with van der Waals surface area (Å²) in [5, 5.41) is 3.00. The van der Waals surface area contributed by atoms with E-state index in [1.54, 1.807) is 12.5 Å². The first-order valence-corrected chi connectivity index (χ1v) is 7.23. The zero-order chi connectivity index (χ0) is 14.5. The van der Waals surface area contributed by atoms with Gasteiger partial charge in [0.2, 0.25) is 5.91 Å². The number of para-hydroxylation sites is 1. The lowest BCUT2D eigenvalue weighted by Crippen LogP contribution is -2.25. The highest BCUT2D eigenvalue weighted by atomic mass is 16.5. The van der Waals surface area contributed by atoms with Crippen LogP contribution in [0.2, 0.25) is 0 Å². The molecule has 1 unspecified atom stereocenters. The highest BCUT2D eigenvalue weighted by Crippen LogP contribution is 2.17. The minimum atomic E-state index is 0.0888. The number of ether oxygens (including phenoxy) is 1. The van der Waals surface area contributed by atoms with E-state index in [4.69, 9.17) is 4.74 Å². The molecule has 1 N–H and O–H groups in total. The molecule has 1 atom stereocenters. The second-order valence-electron chi connectivity index (χ2n) is 5.31. The summed E-state index contributed by atoms with van der Waals surface area (Å²) in [5.74, 6) is 0.458. The normalized spacial score (nSPS) is 17.8. The number of carbonyl (C=O) groups excluding carboxylic acids is 1. The van der Waals surface area contributed by atoms with Gasteiger partial charge in [-0.3, -0.25) is 4.79 Å². The van der Waals surface area contributed by atoms with Gasteiger partial charge in [-0.15, -0.1) is 0 Å². The first kappa shape index (κ1) is 13.8. The molecule has 1 aliphatic heterocycles. The Morgan fingerprint density at radius 3 is 3.10 bits per heavy atom. The van der Waals surface area contributed by atoms with E-state index in [0.717, 1.165) is 24.3 Å². The molecule has 1 saturated heterocycles. The number of benzene rings is 1. The second-order valence-corrected chi connectivity index (χ2v) is 5.31. The monoisotopic (exact) mass is 285 g/mol. The Hall–Kier alpha value is -2.14. The molecule has 1 aliphatic rings. The molecular formula is C16H19N3O2. The molecule has 110 valence electrons. The number of amides is 1. The number of nitrogens with one attached hydrogen (secondary N) is 1. The van der Waals surface area contributed by atoms with Crippen LogP contribution in [0.1, 0.15) is 18.4 Å². The van der Waals surface area contributed by atoms with Gasteiger partial charge in [-0.25, -0.2) is 4.98 Å². The SMILES string of the molecule is O=C(CC1CCOC1)NCc1ccccc1-n1ccnc1. The van der Waals surface area contributed by atoms with Crippen LogP contribution in [0.5, 0.6) is 0 Å². The minimum Gasteiger partial charge on any atom is -0.381 e. The standard InChI is InChI=1S/C16H19N3O2/c20-16(9-13-5-8-21-11-13)18-10-14-3-1-2-4-15(14)19-7-6-17-12-19/h1-4,6-7,12-13H,5,8-11H2,(H,18,20). The number of carbonyl (C=O) groups is 1. The van der Waals surface area contributed by atoms with Gasteiger partial charge in [0, 0.05) is 38.6 Å². The van der Waals surface area contributed by atoms with E-state index in [1.165, 1.54) is 0 Å². The molecule has 1 aromatic heterocycles. The van der Waals surface area contributed by atoms with Crippen LogP contribution in [0.4, 0.5) is 0 Å². The molecule has 0 aliphatic carbocycles. The number of aromatic nitrogens is 2. The van der Waals surface area contributed by atoms with Gasteiger partial charge in [0.05, 0.1) is 12.0 Å². The molecule has 0 saturated carbocycles. The van der Waals surface area contributed by atoms with Gasteiger partial charge in [0.25, 0.3) is 0 Å². The van der Waals surface area contributed by atoms with E-state index < -0.39 is 0 Å². The number of imidazole rings is 1. The van der Waals surface area contributed by atoms with Gasteiger partial charge < -0.3 is 14.6 Å². The molecular weight excluding hydrogens is 266 g/mol. The molecule has 3 rings (SSSR count). The number of rotatable bonds is 5. The van der Waals surface area contributed by atoms with E-state index in [-0.39, 0.29) is 5.91 Å². The fourth-order valence-corrected chi connectivity index (χ4v) is 2.59. The molecule has 5 nitrogen and oxygen atoms in total. The van der Waals surface area contributed by atoms with Crippen LogP contribution in [0.25, 0.3) is 5.69 Å². The van der Waals surface area contributed by atoms with Crippen molar-refractivity contribution in [1.29, 1.82) is 0 Å². The lowest BCUT2D eigenvalue weighted by atomic mass is 10.0. The maximum atomic E-state index is 12.0. The molecule has 21 heavy (non-hydrogen) atoms. The average molecular weight is 285 g/mol. The molecule has 1 aromatic carbocycles. The maximum Gasteiger partial charge on any atom is 0.220 e. The minimum absolute atomic E-state index is 0.0888. The lowest BCUT2D eigenvalue weighted by Gasteiger charge is -2.12. The van der Waals surface area contributed by atoms with Crippen molar-refractivity contribution >= 4 is 5.91 Å². The Morgan fingerprint density at radius 1 is 1.43 bits per heavy atom. The van der Waals surface area contributed by atoms with Crippen molar-refractivity contribution in [1.82, 2.24) is 14.9 Å². The van der Waals surface area contributed by atoms with Crippen LogP contribution >= 0.6 is 0 Å². The Bertz CT molecular complexity index is 589. The van der Waals surface area contributed by atoms with Gasteiger partial charge in [-0.05, 0) is 24.0 Å². The van der Waals surface area contributed by atoms with Crippen molar-refractivity contribution < 1.29 is 9.53 Å².